The van der Waals surface area contributed by atoms with Gasteiger partial charge in [0.15, 0.2) is 6.61 Å². The fourth-order valence-corrected chi connectivity index (χ4v) is 2.53. The lowest BCUT2D eigenvalue weighted by Crippen LogP contribution is -2.25. The maximum Gasteiger partial charge on any atom is 0.416 e. The van der Waals surface area contributed by atoms with Gasteiger partial charge in [0.25, 0.3) is 5.90 Å². The minimum Gasteiger partial charge on any atom is -0.470 e. The van der Waals surface area contributed by atoms with Crippen molar-refractivity contribution in [1.29, 1.82) is 5.41 Å². The molecule has 0 spiro atoms. The van der Waals surface area contributed by atoms with Crippen LogP contribution in [0.4, 0.5) is 13.2 Å². The molecule has 6 nitrogen and oxygen atoms in total. The van der Waals surface area contributed by atoms with Crippen molar-refractivity contribution in [2.45, 2.75) is 13.1 Å². The van der Waals surface area contributed by atoms with Gasteiger partial charge in [-0.15, -0.1) is 0 Å². The monoisotopic (exact) mass is 402 g/mol. The number of hydrogen-bond donors (Lipinski definition) is 1. The first-order valence-corrected chi connectivity index (χ1v) is 8.62. The molecule has 0 aromatic heterocycles. The average molecular weight is 402 g/mol. The van der Waals surface area contributed by atoms with E-state index in [1.54, 1.807) is 31.2 Å². The average Bonchev–Trinajstić information content (AvgIpc) is 2.73. The topological polar surface area (TPSA) is 79.4 Å². The van der Waals surface area contributed by atoms with Crippen LogP contribution in [0.5, 0.6) is 0 Å². The number of oxime groups is 1. The van der Waals surface area contributed by atoms with E-state index < -0.39 is 11.7 Å². The lowest BCUT2D eigenvalue weighted by atomic mass is 10.0. The van der Waals surface area contributed by atoms with E-state index in [2.05, 4.69) is 15.4 Å². The third kappa shape index (κ3) is 5.07. The molecule has 1 heterocycles. The molecule has 0 aliphatic carbocycles. The number of alkyl halides is 3. The SMILES string of the molecule is C/C(=N\N=C\c1ccccc1C(=N)C1=NOCCO1)c1cccc(C(F)(F)F)c1. The summed E-state index contributed by atoms with van der Waals surface area (Å²) in [5.74, 6) is 0.0701. The Morgan fingerprint density at radius 1 is 1.14 bits per heavy atom. The van der Waals surface area contributed by atoms with Gasteiger partial charge < -0.3 is 9.57 Å². The van der Waals surface area contributed by atoms with Crippen molar-refractivity contribution in [3.63, 3.8) is 0 Å². The normalized spacial score (nSPS) is 14.9. The molecule has 0 fully saturated rings. The summed E-state index contributed by atoms with van der Waals surface area (Å²) in [5, 5.41) is 19.9. The van der Waals surface area contributed by atoms with Crippen LogP contribution < -0.4 is 0 Å². The van der Waals surface area contributed by atoms with Crippen molar-refractivity contribution in [2.75, 3.05) is 13.2 Å². The molecular formula is C20H17F3N4O2. The maximum atomic E-state index is 12.9. The summed E-state index contributed by atoms with van der Waals surface area (Å²) in [7, 11) is 0. The van der Waals surface area contributed by atoms with Gasteiger partial charge in [-0.05, 0) is 29.8 Å². The quantitative estimate of drug-likeness (QED) is 0.599. The molecule has 2 aromatic rings. The first-order chi connectivity index (χ1) is 13.9. The fraction of sp³-hybridized carbons (Fsp3) is 0.200. The van der Waals surface area contributed by atoms with Crippen molar-refractivity contribution in [1.82, 2.24) is 0 Å². The molecule has 150 valence electrons. The largest absolute Gasteiger partial charge is 0.470 e. The van der Waals surface area contributed by atoms with Gasteiger partial charge in [-0.25, -0.2) is 0 Å². The smallest absolute Gasteiger partial charge is 0.416 e. The molecular weight excluding hydrogens is 385 g/mol. The molecule has 0 saturated carbocycles. The van der Waals surface area contributed by atoms with Crippen molar-refractivity contribution in [3.05, 3.63) is 70.8 Å². The standard InChI is InChI=1S/C20H17F3N4O2/c1-13(14-6-4-7-16(11-14)20(21,22)23)26-25-12-15-5-2-3-8-17(15)18(24)19-27-29-10-9-28-19/h2-8,11-12,24H,9-10H2,1H3/b24-18?,25-12+,26-13+. The van der Waals surface area contributed by atoms with E-state index in [1.165, 1.54) is 18.3 Å². The van der Waals surface area contributed by atoms with Crippen molar-refractivity contribution in [2.24, 2.45) is 15.4 Å². The summed E-state index contributed by atoms with van der Waals surface area (Å²) in [4.78, 5) is 4.95. The Hall–Kier alpha value is -3.49. The molecule has 3 rings (SSSR count). The first kappa shape index (κ1) is 20.2. The van der Waals surface area contributed by atoms with Crippen LogP contribution in [-0.4, -0.2) is 36.7 Å². The van der Waals surface area contributed by atoms with Crippen molar-refractivity contribution < 1.29 is 22.7 Å². The van der Waals surface area contributed by atoms with E-state index in [1.807, 2.05) is 0 Å². The zero-order valence-corrected chi connectivity index (χ0v) is 15.4. The molecule has 1 N–H and O–H groups in total. The maximum absolute atomic E-state index is 12.9. The molecule has 1 aliphatic rings. The Morgan fingerprint density at radius 2 is 1.93 bits per heavy atom. The Labute approximate surface area is 164 Å². The molecule has 29 heavy (non-hydrogen) atoms. The molecule has 9 heteroatoms. The van der Waals surface area contributed by atoms with E-state index in [0.29, 0.717) is 35.6 Å². The van der Waals surface area contributed by atoms with E-state index in [0.717, 1.165) is 12.1 Å². The zero-order valence-electron chi connectivity index (χ0n) is 15.4. The summed E-state index contributed by atoms with van der Waals surface area (Å²) >= 11 is 0. The molecule has 0 atom stereocenters. The van der Waals surface area contributed by atoms with Gasteiger partial charge >= 0.3 is 6.18 Å². The van der Waals surface area contributed by atoms with Gasteiger partial charge in [-0.1, -0.05) is 36.4 Å². The van der Waals surface area contributed by atoms with Crippen molar-refractivity contribution in [3.8, 4) is 0 Å². The second kappa shape index (κ2) is 8.68. The van der Waals surface area contributed by atoms with E-state index in [9.17, 15) is 13.2 Å². The third-order valence-electron chi connectivity index (χ3n) is 4.02. The van der Waals surface area contributed by atoms with Gasteiger partial charge in [0.2, 0.25) is 0 Å². The van der Waals surface area contributed by atoms with Gasteiger partial charge in [-0.2, -0.15) is 23.4 Å². The molecule has 0 saturated heterocycles. The lowest BCUT2D eigenvalue weighted by Gasteiger charge is -2.14. The fourth-order valence-electron chi connectivity index (χ4n) is 2.53. The number of nitrogens with zero attached hydrogens (tertiary/aromatic N) is 3. The summed E-state index contributed by atoms with van der Waals surface area (Å²) in [6, 6.07) is 11.8. The minimum absolute atomic E-state index is 0.0327. The Balaban J connectivity index is 1.82. The van der Waals surface area contributed by atoms with Crippen LogP contribution in [0.3, 0.4) is 0 Å². The highest BCUT2D eigenvalue weighted by Gasteiger charge is 2.30. The number of benzene rings is 2. The Kier molecular flexibility index (Phi) is 6.06. The van der Waals surface area contributed by atoms with Crippen LogP contribution in [0.25, 0.3) is 0 Å². The van der Waals surface area contributed by atoms with E-state index in [-0.39, 0.29) is 11.6 Å². The summed E-state index contributed by atoms with van der Waals surface area (Å²) in [6.07, 6.45) is -3.00. The Morgan fingerprint density at radius 3 is 2.66 bits per heavy atom. The van der Waals surface area contributed by atoms with Crippen LogP contribution in [0.15, 0.2) is 63.9 Å². The van der Waals surface area contributed by atoms with Crippen LogP contribution in [0.1, 0.15) is 29.2 Å². The summed E-state index contributed by atoms with van der Waals surface area (Å²) in [6.45, 7) is 2.20. The summed E-state index contributed by atoms with van der Waals surface area (Å²) < 4.78 is 43.9. The van der Waals surface area contributed by atoms with Crippen LogP contribution in [0.2, 0.25) is 0 Å². The predicted octanol–water partition coefficient (Wildman–Crippen LogP) is 4.28. The second-order valence-electron chi connectivity index (χ2n) is 6.05. The third-order valence-corrected chi connectivity index (χ3v) is 4.02. The highest BCUT2D eigenvalue weighted by atomic mass is 19.4. The highest BCUT2D eigenvalue weighted by Crippen LogP contribution is 2.29. The number of halogens is 3. The minimum atomic E-state index is -4.42. The predicted molar refractivity (Wildman–Crippen MR) is 104 cm³/mol. The van der Waals surface area contributed by atoms with Crippen LogP contribution in [-0.2, 0) is 15.8 Å². The molecule has 0 radical (unpaired) electrons. The lowest BCUT2D eigenvalue weighted by molar-refractivity contribution is -0.137. The zero-order chi connectivity index (χ0) is 20.9. The van der Waals surface area contributed by atoms with Gasteiger partial charge in [0, 0.05) is 11.1 Å². The molecule has 1 aliphatic heterocycles. The molecule has 2 aromatic carbocycles. The van der Waals surface area contributed by atoms with E-state index in [4.69, 9.17) is 15.0 Å². The molecule has 0 bridgehead atoms. The number of nitrogens with one attached hydrogen (secondary N) is 1. The number of hydrogen-bond acceptors (Lipinski definition) is 6. The van der Waals surface area contributed by atoms with Crippen LogP contribution >= 0.6 is 0 Å². The second-order valence-corrected chi connectivity index (χ2v) is 6.05. The van der Waals surface area contributed by atoms with Crippen LogP contribution in [0, 0.1) is 5.41 Å². The summed E-state index contributed by atoms with van der Waals surface area (Å²) in [5.41, 5.74) is 1.02. The first-order valence-electron chi connectivity index (χ1n) is 8.62. The van der Waals surface area contributed by atoms with Gasteiger partial charge in [0.1, 0.15) is 12.3 Å². The Bertz CT molecular complexity index is 997. The van der Waals surface area contributed by atoms with Gasteiger partial charge in [-0.3, -0.25) is 5.41 Å². The molecule has 0 amide bonds. The van der Waals surface area contributed by atoms with Crippen molar-refractivity contribution >= 4 is 23.5 Å². The molecule has 0 unspecified atom stereocenters. The van der Waals surface area contributed by atoms with Gasteiger partial charge in [0.05, 0.1) is 17.5 Å². The highest BCUT2D eigenvalue weighted by molar-refractivity contribution is 6.45. The number of rotatable bonds is 5. The number of ether oxygens (including phenoxy) is 1. The van der Waals surface area contributed by atoms with E-state index >= 15 is 0 Å².